The maximum absolute atomic E-state index is 14.6. The summed E-state index contributed by atoms with van der Waals surface area (Å²) in [6.45, 7) is 4.41. The van der Waals surface area contributed by atoms with Crippen LogP contribution in [-0.4, -0.2) is 89.3 Å². The molecule has 308 valence electrons. The fourth-order valence-corrected chi connectivity index (χ4v) is 9.74. The second-order valence-electron chi connectivity index (χ2n) is 16.1. The molecule has 0 bridgehead atoms. The molecular formula is C39H58F3N5O7S. The summed E-state index contributed by atoms with van der Waals surface area (Å²) in [6.07, 6.45) is 3.10. The van der Waals surface area contributed by atoms with Gasteiger partial charge >= 0.3 is 12.3 Å². The normalized spacial score (nSPS) is 21.4. The Kier molecular flexibility index (Phi) is 14.5. The largest absolute Gasteiger partial charge is 0.465 e. The van der Waals surface area contributed by atoms with Crippen molar-refractivity contribution in [2.45, 2.75) is 165 Å². The second kappa shape index (κ2) is 18.7. The van der Waals surface area contributed by atoms with Gasteiger partial charge in [-0.05, 0) is 86.3 Å². The van der Waals surface area contributed by atoms with E-state index in [1.807, 2.05) is 25.1 Å². The van der Waals surface area contributed by atoms with E-state index in [0.717, 1.165) is 42.4 Å². The van der Waals surface area contributed by atoms with Gasteiger partial charge in [0.1, 0.15) is 18.1 Å². The van der Waals surface area contributed by atoms with Crippen LogP contribution in [0.2, 0.25) is 0 Å². The topological polar surface area (TPSA) is 165 Å². The van der Waals surface area contributed by atoms with Gasteiger partial charge in [-0.3, -0.25) is 29.3 Å². The Hall–Kier alpha value is -3.40. The first-order chi connectivity index (χ1) is 26.1. The zero-order valence-corrected chi connectivity index (χ0v) is 32.9. The van der Waals surface area contributed by atoms with Crippen molar-refractivity contribution in [3.05, 3.63) is 34.9 Å². The highest BCUT2D eigenvalue weighted by Crippen LogP contribution is 2.33. The number of fused-ring (bicyclic) bond motifs is 1. The fourth-order valence-electron chi connectivity index (χ4n) is 8.41. The van der Waals surface area contributed by atoms with Crippen molar-refractivity contribution in [3.8, 4) is 0 Å². The molecule has 4 N–H and O–H groups in total. The van der Waals surface area contributed by atoms with Crippen LogP contribution in [0.4, 0.5) is 18.0 Å². The molecule has 1 saturated heterocycles. The number of unbranched alkanes of at least 4 members (excludes halogenated alkanes) is 3. The minimum absolute atomic E-state index is 0.188. The molecule has 5 atom stereocenters. The predicted octanol–water partition coefficient (Wildman–Crippen LogP) is 5.77. The van der Waals surface area contributed by atoms with Gasteiger partial charge in [0.15, 0.2) is 0 Å². The van der Waals surface area contributed by atoms with Crippen molar-refractivity contribution in [3.63, 3.8) is 0 Å². The van der Waals surface area contributed by atoms with Gasteiger partial charge in [0.05, 0.1) is 11.3 Å². The molecule has 2 heterocycles. The van der Waals surface area contributed by atoms with Crippen molar-refractivity contribution < 1.29 is 45.9 Å². The molecule has 1 aromatic rings. The predicted molar refractivity (Wildman–Crippen MR) is 200 cm³/mol. The summed E-state index contributed by atoms with van der Waals surface area (Å²) >= 11 is 0. The van der Waals surface area contributed by atoms with Gasteiger partial charge < -0.3 is 15.3 Å². The number of halogens is 3. The number of nitrogens with one attached hydrogen (secondary N) is 3. The van der Waals surface area contributed by atoms with Crippen molar-refractivity contribution in [2.24, 2.45) is 11.8 Å². The number of carboxylic acid groups (broad SMARTS) is 1. The third kappa shape index (κ3) is 11.1. The van der Waals surface area contributed by atoms with E-state index in [1.165, 1.54) is 9.80 Å². The molecule has 2 unspecified atom stereocenters. The van der Waals surface area contributed by atoms with E-state index < -0.39 is 75.3 Å². The Morgan fingerprint density at radius 3 is 2.31 bits per heavy atom. The lowest BCUT2D eigenvalue weighted by molar-refractivity contribution is -0.164. The molecule has 2 aliphatic carbocycles. The number of rotatable bonds is 18. The van der Waals surface area contributed by atoms with E-state index >= 15 is 0 Å². The fraction of sp³-hybridized carbons (Fsp3) is 0.744. The molecule has 2 aliphatic heterocycles. The molecule has 0 aromatic heterocycles. The number of hydrogen-bond acceptors (Lipinski definition) is 7. The summed E-state index contributed by atoms with van der Waals surface area (Å²) in [7, 11) is -3.86. The number of amides is 4. The quantitative estimate of drug-likeness (QED) is 0.136. The number of carbonyl (C=O) groups is 4. The van der Waals surface area contributed by atoms with Crippen molar-refractivity contribution in [2.75, 3.05) is 6.54 Å². The molecule has 12 nitrogen and oxygen atoms in total. The Bertz CT molecular complexity index is 1630. The highest BCUT2D eigenvalue weighted by molar-refractivity contribution is 7.90. The average Bonchev–Trinajstić information content (AvgIpc) is 3.74. The van der Waals surface area contributed by atoms with E-state index in [-0.39, 0.29) is 25.3 Å². The van der Waals surface area contributed by atoms with E-state index in [0.29, 0.717) is 77.3 Å². The number of carbonyl (C=O) groups excluding carboxylic acids is 3. The number of sulfonamides is 1. The van der Waals surface area contributed by atoms with Crippen LogP contribution in [-0.2, 0) is 43.9 Å². The van der Waals surface area contributed by atoms with Crippen LogP contribution in [0.3, 0.4) is 0 Å². The molecule has 1 aromatic carbocycles. The molecular weight excluding hydrogens is 740 g/mol. The molecule has 4 aliphatic rings. The standard InChI is InChI=1S/C39H58F3N5O7S/c1-3-25(2)33(36(49)45-55(53,54)29-20-21-29)44-35(48)31-18-12-22-47(31)37(50)34(27-14-8-6-9-15-27)43-32(39(40,41)42)19-10-5-4-7-13-26-16-11-17-28-23-46(38(51)52)24-30(26)28/h11,16-17,25,27,29,31-34,43H,3-10,12-15,18-24H2,1-2H3,(H,44,48)(H,45,49)(H,51,52)/t25-,31-,32?,33?,34-/m0/s1. The third-order valence-electron chi connectivity index (χ3n) is 12.0. The van der Waals surface area contributed by atoms with Gasteiger partial charge in [-0.2, -0.15) is 13.2 Å². The van der Waals surface area contributed by atoms with E-state index in [9.17, 15) is 45.9 Å². The summed E-state index contributed by atoms with van der Waals surface area (Å²) in [5.41, 5.74) is 3.07. The lowest BCUT2D eigenvalue weighted by Crippen LogP contribution is -2.60. The molecule has 55 heavy (non-hydrogen) atoms. The second-order valence-corrected chi connectivity index (χ2v) is 18.0. The number of benzene rings is 1. The number of hydrogen-bond donors (Lipinski definition) is 4. The van der Waals surface area contributed by atoms with Crippen molar-refractivity contribution in [1.29, 1.82) is 0 Å². The van der Waals surface area contributed by atoms with Gasteiger partial charge in [-0.15, -0.1) is 0 Å². The van der Waals surface area contributed by atoms with E-state index in [4.69, 9.17) is 0 Å². The first kappa shape index (κ1) is 42.7. The van der Waals surface area contributed by atoms with Crippen LogP contribution in [0.25, 0.3) is 0 Å². The van der Waals surface area contributed by atoms with Gasteiger partial charge in [-0.25, -0.2) is 13.2 Å². The lowest BCUT2D eigenvalue weighted by Gasteiger charge is -2.37. The number of aryl methyl sites for hydroxylation is 1. The zero-order chi connectivity index (χ0) is 39.9. The molecule has 2 saturated carbocycles. The highest BCUT2D eigenvalue weighted by Gasteiger charge is 2.46. The maximum Gasteiger partial charge on any atom is 0.407 e. The SMILES string of the molecule is CC[C@H](C)C(NC(=O)[C@@H]1CCCN1C(=O)[C@@H](NC(CCCCCCc1cccc2c1CN(C(=O)O)C2)C(F)(F)F)C1CCCCC1)C(=O)NS(=O)(=O)C1CC1. The Morgan fingerprint density at radius 1 is 0.945 bits per heavy atom. The average molecular weight is 798 g/mol. The monoisotopic (exact) mass is 797 g/mol. The summed E-state index contributed by atoms with van der Waals surface area (Å²) in [4.78, 5) is 55.4. The van der Waals surface area contributed by atoms with Gasteiger partial charge in [-0.1, -0.05) is 77.0 Å². The van der Waals surface area contributed by atoms with Crippen LogP contribution in [0.5, 0.6) is 0 Å². The maximum atomic E-state index is 14.6. The molecule has 5 rings (SSSR count). The van der Waals surface area contributed by atoms with Gasteiger partial charge in [0.2, 0.25) is 21.8 Å². The zero-order valence-electron chi connectivity index (χ0n) is 32.0. The van der Waals surface area contributed by atoms with Crippen LogP contribution in [0, 0.1) is 11.8 Å². The lowest BCUT2D eigenvalue weighted by atomic mass is 9.82. The number of alkyl halides is 3. The van der Waals surface area contributed by atoms with Crippen LogP contribution in [0.1, 0.15) is 127 Å². The Balaban J connectivity index is 1.20. The summed E-state index contributed by atoms with van der Waals surface area (Å²) in [5, 5.41) is 14.2. The van der Waals surface area contributed by atoms with Crippen molar-refractivity contribution in [1.82, 2.24) is 25.2 Å². The molecule has 4 amide bonds. The van der Waals surface area contributed by atoms with Gasteiger partial charge in [0.25, 0.3) is 5.91 Å². The Labute approximate surface area is 322 Å². The van der Waals surface area contributed by atoms with Crippen LogP contribution < -0.4 is 15.4 Å². The Morgan fingerprint density at radius 2 is 1.65 bits per heavy atom. The number of nitrogens with zero attached hydrogens (tertiary/aromatic N) is 2. The first-order valence-electron chi connectivity index (χ1n) is 20.2. The van der Waals surface area contributed by atoms with E-state index in [2.05, 4.69) is 15.4 Å². The highest BCUT2D eigenvalue weighted by atomic mass is 32.2. The molecule has 0 radical (unpaired) electrons. The number of likely N-dealkylation sites (tertiary alicyclic amines) is 1. The van der Waals surface area contributed by atoms with E-state index in [1.54, 1.807) is 6.92 Å². The summed E-state index contributed by atoms with van der Waals surface area (Å²) in [5.74, 6) is -2.75. The van der Waals surface area contributed by atoms with Crippen LogP contribution in [0.15, 0.2) is 18.2 Å². The van der Waals surface area contributed by atoms with Gasteiger partial charge in [0, 0.05) is 19.6 Å². The smallest absolute Gasteiger partial charge is 0.407 e. The molecule has 3 fully saturated rings. The van der Waals surface area contributed by atoms with Crippen LogP contribution >= 0.6 is 0 Å². The minimum Gasteiger partial charge on any atom is -0.465 e. The third-order valence-corrected chi connectivity index (χ3v) is 13.9. The summed E-state index contributed by atoms with van der Waals surface area (Å²) < 4.78 is 71.0. The first-order valence-corrected chi connectivity index (χ1v) is 21.7. The minimum atomic E-state index is -4.60. The molecule has 16 heteroatoms. The molecule has 0 spiro atoms. The summed E-state index contributed by atoms with van der Waals surface area (Å²) in [6, 6.07) is 0.602. The van der Waals surface area contributed by atoms with Crippen molar-refractivity contribution >= 4 is 33.8 Å².